The third-order valence-corrected chi connectivity index (χ3v) is 2.10. The monoisotopic (exact) mass is 222 g/mol. The molecule has 0 saturated carbocycles. The summed E-state index contributed by atoms with van der Waals surface area (Å²) < 4.78 is 0. The van der Waals surface area contributed by atoms with Crippen LogP contribution < -0.4 is 11.1 Å². The third kappa shape index (κ3) is 3.70. The normalized spacial score (nSPS) is 11.8. The average molecular weight is 222 g/mol. The topological polar surface area (TPSA) is 92.4 Å². The predicted molar refractivity (Wildman–Crippen MR) is 58.4 cm³/mol. The summed E-state index contributed by atoms with van der Waals surface area (Å²) in [4.78, 5) is 22.0. The molecule has 0 bridgehead atoms. The number of nitrogens with two attached hydrogens (primary N) is 1. The molecule has 16 heavy (non-hydrogen) atoms. The molecule has 0 spiro atoms. The Hall–Kier alpha value is -1.88. The second kappa shape index (κ2) is 5.87. The number of aliphatic hydroxyl groups is 1. The van der Waals surface area contributed by atoms with Crippen LogP contribution >= 0.6 is 0 Å². The lowest BCUT2D eigenvalue weighted by Crippen LogP contribution is -2.46. The van der Waals surface area contributed by atoms with E-state index in [0.29, 0.717) is 6.42 Å². The van der Waals surface area contributed by atoms with Gasteiger partial charge in [-0.25, -0.2) is 0 Å². The molecule has 86 valence electrons. The minimum absolute atomic E-state index is 0.321. The molecule has 0 aliphatic carbocycles. The Labute approximate surface area is 93.3 Å². The van der Waals surface area contributed by atoms with Crippen molar-refractivity contribution in [3.05, 3.63) is 35.9 Å². The SMILES string of the molecule is NC(=O)[C@H](Cc1ccccc1)NC(=O)CO. The maximum atomic E-state index is 11.1. The van der Waals surface area contributed by atoms with E-state index in [1.54, 1.807) is 0 Å². The first-order valence-corrected chi connectivity index (χ1v) is 4.87. The predicted octanol–water partition coefficient (Wildman–Crippen LogP) is -0.809. The number of carbonyl (C=O) groups is 2. The van der Waals surface area contributed by atoms with Gasteiger partial charge in [0.2, 0.25) is 11.8 Å². The van der Waals surface area contributed by atoms with Gasteiger partial charge in [0, 0.05) is 6.42 Å². The van der Waals surface area contributed by atoms with Gasteiger partial charge >= 0.3 is 0 Å². The van der Waals surface area contributed by atoms with Crippen LogP contribution in [-0.4, -0.2) is 29.6 Å². The van der Waals surface area contributed by atoms with Crippen molar-refractivity contribution < 1.29 is 14.7 Å². The Morgan fingerprint density at radius 2 is 1.94 bits per heavy atom. The fourth-order valence-electron chi connectivity index (χ4n) is 1.31. The first kappa shape index (κ1) is 12.2. The van der Waals surface area contributed by atoms with E-state index in [1.807, 2.05) is 30.3 Å². The largest absolute Gasteiger partial charge is 0.387 e. The molecule has 1 aromatic rings. The van der Waals surface area contributed by atoms with Crippen LogP contribution in [0.15, 0.2) is 30.3 Å². The summed E-state index contributed by atoms with van der Waals surface area (Å²) >= 11 is 0. The first-order chi connectivity index (χ1) is 7.63. The Kier molecular flexibility index (Phi) is 4.47. The third-order valence-electron chi connectivity index (χ3n) is 2.10. The lowest BCUT2D eigenvalue weighted by Gasteiger charge is -2.14. The maximum Gasteiger partial charge on any atom is 0.246 e. The van der Waals surface area contributed by atoms with Crippen molar-refractivity contribution >= 4 is 11.8 Å². The Bertz CT molecular complexity index is 365. The van der Waals surface area contributed by atoms with Crippen molar-refractivity contribution in [2.45, 2.75) is 12.5 Å². The van der Waals surface area contributed by atoms with Crippen molar-refractivity contribution in [3.63, 3.8) is 0 Å². The van der Waals surface area contributed by atoms with Gasteiger partial charge in [0.15, 0.2) is 0 Å². The fourth-order valence-corrected chi connectivity index (χ4v) is 1.31. The molecular formula is C11H14N2O3. The average Bonchev–Trinajstić information content (AvgIpc) is 2.29. The molecule has 0 aliphatic heterocycles. The zero-order valence-corrected chi connectivity index (χ0v) is 8.72. The molecule has 0 radical (unpaired) electrons. The van der Waals surface area contributed by atoms with Gasteiger partial charge in [-0.2, -0.15) is 0 Å². The molecule has 2 amide bonds. The second-order valence-corrected chi connectivity index (χ2v) is 3.37. The molecule has 5 heteroatoms. The number of nitrogens with one attached hydrogen (secondary N) is 1. The van der Waals surface area contributed by atoms with Crippen molar-refractivity contribution in [1.82, 2.24) is 5.32 Å². The van der Waals surface area contributed by atoms with Crippen LogP contribution in [0.2, 0.25) is 0 Å². The van der Waals surface area contributed by atoms with Crippen LogP contribution in [0.4, 0.5) is 0 Å². The maximum absolute atomic E-state index is 11.1. The molecule has 0 unspecified atom stereocenters. The molecule has 1 rings (SSSR count). The summed E-state index contributed by atoms with van der Waals surface area (Å²) in [5.41, 5.74) is 6.05. The van der Waals surface area contributed by atoms with Crippen molar-refractivity contribution in [2.75, 3.05) is 6.61 Å². The number of hydrogen-bond donors (Lipinski definition) is 3. The number of carbonyl (C=O) groups excluding carboxylic acids is 2. The van der Waals surface area contributed by atoms with E-state index in [-0.39, 0.29) is 0 Å². The standard InChI is InChI=1S/C11H14N2O3/c12-11(16)9(13-10(15)7-14)6-8-4-2-1-3-5-8/h1-5,9,14H,6-7H2,(H2,12,16)(H,13,15)/t9-/m0/s1. The summed E-state index contributed by atoms with van der Waals surface area (Å²) in [7, 11) is 0. The molecule has 5 nitrogen and oxygen atoms in total. The quantitative estimate of drug-likeness (QED) is 0.608. The summed E-state index contributed by atoms with van der Waals surface area (Å²) in [6.07, 6.45) is 0.321. The van der Waals surface area contributed by atoms with Crippen LogP contribution in [0, 0.1) is 0 Å². The van der Waals surface area contributed by atoms with E-state index >= 15 is 0 Å². The van der Waals surface area contributed by atoms with Crippen LogP contribution in [0.5, 0.6) is 0 Å². The zero-order chi connectivity index (χ0) is 12.0. The van der Waals surface area contributed by atoms with Gasteiger partial charge < -0.3 is 16.2 Å². The summed E-state index contributed by atoms with van der Waals surface area (Å²) in [6.45, 7) is -0.654. The highest BCUT2D eigenvalue weighted by Gasteiger charge is 2.17. The second-order valence-electron chi connectivity index (χ2n) is 3.37. The van der Waals surface area contributed by atoms with E-state index in [4.69, 9.17) is 10.8 Å². The van der Waals surface area contributed by atoms with Gasteiger partial charge in [-0.3, -0.25) is 9.59 Å². The van der Waals surface area contributed by atoms with Crippen LogP contribution in [0.25, 0.3) is 0 Å². The van der Waals surface area contributed by atoms with E-state index in [9.17, 15) is 9.59 Å². The van der Waals surface area contributed by atoms with E-state index < -0.39 is 24.5 Å². The molecule has 1 atom stereocenters. The highest BCUT2D eigenvalue weighted by atomic mass is 16.3. The molecule has 4 N–H and O–H groups in total. The Balaban J connectivity index is 2.65. The highest BCUT2D eigenvalue weighted by molar-refractivity contribution is 5.87. The lowest BCUT2D eigenvalue weighted by molar-refractivity contribution is -0.129. The fraction of sp³-hybridized carbons (Fsp3) is 0.273. The number of rotatable bonds is 5. The number of benzene rings is 1. The smallest absolute Gasteiger partial charge is 0.246 e. The van der Waals surface area contributed by atoms with Crippen molar-refractivity contribution in [3.8, 4) is 0 Å². The van der Waals surface area contributed by atoms with Crippen LogP contribution in [0.3, 0.4) is 0 Å². The van der Waals surface area contributed by atoms with Crippen LogP contribution in [0.1, 0.15) is 5.56 Å². The minimum Gasteiger partial charge on any atom is -0.387 e. The van der Waals surface area contributed by atoms with Gasteiger partial charge in [-0.05, 0) is 5.56 Å². The molecular weight excluding hydrogens is 208 g/mol. The molecule has 0 aromatic heterocycles. The summed E-state index contributed by atoms with van der Waals surface area (Å²) in [6, 6.07) is 8.40. The highest BCUT2D eigenvalue weighted by Crippen LogP contribution is 2.02. The number of hydrogen-bond acceptors (Lipinski definition) is 3. The number of amides is 2. The van der Waals surface area contributed by atoms with Gasteiger partial charge in [-0.15, -0.1) is 0 Å². The number of primary amides is 1. The molecule has 1 aromatic carbocycles. The lowest BCUT2D eigenvalue weighted by atomic mass is 10.1. The van der Waals surface area contributed by atoms with Gasteiger partial charge in [0.05, 0.1) is 0 Å². The molecule has 0 heterocycles. The Morgan fingerprint density at radius 1 is 1.31 bits per heavy atom. The summed E-state index contributed by atoms with van der Waals surface area (Å²) in [5, 5.41) is 10.9. The first-order valence-electron chi connectivity index (χ1n) is 4.87. The van der Waals surface area contributed by atoms with Crippen molar-refractivity contribution in [2.24, 2.45) is 5.73 Å². The van der Waals surface area contributed by atoms with E-state index in [0.717, 1.165) is 5.56 Å². The van der Waals surface area contributed by atoms with Crippen LogP contribution in [-0.2, 0) is 16.0 Å². The molecule has 0 saturated heterocycles. The van der Waals surface area contributed by atoms with E-state index in [2.05, 4.69) is 5.32 Å². The zero-order valence-electron chi connectivity index (χ0n) is 8.72. The van der Waals surface area contributed by atoms with Gasteiger partial charge in [0.1, 0.15) is 12.6 Å². The van der Waals surface area contributed by atoms with Gasteiger partial charge in [-0.1, -0.05) is 30.3 Å². The number of aliphatic hydroxyl groups excluding tert-OH is 1. The Morgan fingerprint density at radius 3 is 2.44 bits per heavy atom. The van der Waals surface area contributed by atoms with Gasteiger partial charge in [0.25, 0.3) is 0 Å². The molecule has 0 fully saturated rings. The minimum atomic E-state index is -0.790. The molecule has 0 aliphatic rings. The van der Waals surface area contributed by atoms with Crippen molar-refractivity contribution in [1.29, 1.82) is 0 Å². The van der Waals surface area contributed by atoms with E-state index in [1.165, 1.54) is 0 Å². The summed E-state index contributed by atoms with van der Waals surface area (Å²) in [5.74, 6) is -1.23.